The van der Waals surface area contributed by atoms with E-state index < -0.39 is 29.4 Å². The number of halogens is 3. The molecule has 0 bridgehead atoms. The highest BCUT2D eigenvalue weighted by molar-refractivity contribution is 5.90. The van der Waals surface area contributed by atoms with Gasteiger partial charge in [-0.25, -0.2) is 4.79 Å². The second-order valence-electron chi connectivity index (χ2n) is 5.11. The van der Waals surface area contributed by atoms with Crippen molar-refractivity contribution in [2.45, 2.75) is 26.1 Å². The monoisotopic (exact) mass is 329 g/mol. The lowest BCUT2D eigenvalue weighted by atomic mass is 10.1. The second-order valence-corrected chi connectivity index (χ2v) is 5.11. The first kappa shape index (κ1) is 16.8. The van der Waals surface area contributed by atoms with E-state index in [1.54, 1.807) is 6.92 Å². The number of aromatic nitrogens is 3. The van der Waals surface area contributed by atoms with Crippen molar-refractivity contribution in [2.24, 2.45) is 7.05 Å². The van der Waals surface area contributed by atoms with E-state index in [1.807, 2.05) is 0 Å². The van der Waals surface area contributed by atoms with Crippen LogP contribution in [0.3, 0.4) is 0 Å². The number of ether oxygens (including phenoxy) is 1. The van der Waals surface area contributed by atoms with Crippen molar-refractivity contribution in [3.8, 4) is 0 Å². The summed E-state index contributed by atoms with van der Waals surface area (Å²) in [7, 11) is 1.44. The predicted octanol–water partition coefficient (Wildman–Crippen LogP) is 2.19. The van der Waals surface area contributed by atoms with Gasteiger partial charge >= 0.3 is 12.1 Å². The van der Waals surface area contributed by atoms with Crippen LogP contribution >= 0.6 is 0 Å². The van der Waals surface area contributed by atoms with Gasteiger partial charge < -0.3 is 9.72 Å². The van der Waals surface area contributed by atoms with Gasteiger partial charge in [0.2, 0.25) is 6.10 Å². The molecule has 2 aromatic rings. The summed E-state index contributed by atoms with van der Waals surface area (Å²) in [5.74, 6) is -1.34. The van der Waals surface area contributed by atoms with Crippen molar-refractivity contribution in [3.05, 3.63) is 51.2 Å². The molecule has 0 amide bonds. The van der Waals surface area contributed by atoms with Gasteiger partial charge in [-0.3, -0.25) is 9.48 Å². The molecule has 2 aromatic heterocycles. The molecule has 0 aliphatic carbocycles. The zero-order chi connectivity index (χ0) is 17.4. The zero-order valence-corrected chi connectivity index (χ0v) is 12.6. The van der Waals surface area contributed by atoms with Crippen LogP contribution in [0, 0.1) is 13.8 Å². The first-order valence-electron chi connectivity index (χ1n) is 6.56. The smallest absolute Gasteiger partial charge is 0.429 e. The molecule has 2 heterocycles. The fraction of sp³-hybridized carbons (Fsp3) is 0.357. The summed E-state index contributed by atoms with van der Waals surface area (Å²) in [6.45, 7) is 3.04. The average molecular weight is 329 g/mol. The van der Waals surface area contributed by atoms with Gasteiger partial charge in [0.1, 0.15) is 5.56 Å². The number of rotatable bonds is 3. The number of nitrogens with zero attached hydrogens (tertiary/aromatic N) is 2. The molecule has 0 radical (unpaired) electrons. The molecule has 0 aromatic carbocycles. The summed E-state index contributed by atoms with van der Waals surface area (Å²) >= 11 is 0. The van der Waals surface area contributed by atoms with E-state index in [2.05, 4.69) is 14.8 Å². The molecule has 1 unspecified atom stereocenters. The summed E-state index contributed by atoms with van der Waals surface area (Å²) in [6.07, 6.45) is -5.27. The molecular formula is C14H14F3N3O3. The molecule has 1 atom stereocenters. The number of carbonyl (C=O) groups is 1. The minimum absolute atomic E-state index is 0.239. The van der Waals surface area contributed by atoms with Crippen LogP contribution in [0.5, 0.6) is 0 Å². The minimum Gasteiger partial charge on any atom is -0.444 e. The highest BCUT2D eigenvalue weighted by Gasteiger charge is 2.45. The molecule has 9 heteroatoms. The van der Waals surface area contributed by atoms with Gasteiger partial charge in [0.25, 0.3) is 5.56 Å². The molecule has 0 aliphatic rings. The molecule has 1 N–H and O–H groups in total. The Labute approximate surface area is 128 Å². The van der Waals surface area contributed by atoms with Crippen molar-refractivity contribution in [1.29, 1.82) is 0 Å². The molecule has 0 saturated heterocycles. The SMILES string of the molecule is Cc1cc(C)c(C(=O)OC(c2cnn(C)c2)C(F)(F)F)c(=O)[nH]1. The van der Waals surface area contributed by atoms with E-state index in [0.717, 1.165) is 17.1 Å². The van der Waals surface area contributed by atoms with E-state index >= 15 is 0 Å². The number of alkyl halides is 3. The van der Waals surface area contributed by atoms with Gasteiger partial charge in [-0.1, -0.05) is 0 Å². The maximum atomic E-state index is 13.2. The third-order valence-corrected chi connectivity index (χ3v) is 3.12. The lowest BCUT2D eigenvalue weighted by Crippen LogP contribution is -2.29. The number of hydrogen-bond acceptors (Lipinski definition) is 4. The molecule has 0 spiro atoms. The van der Waals surface area contributed by atoms with E-state index in [9.17, 15) is 22.8 Å². The first-order chi connectivity index (χ1) is 10.6. The fourth-order valence-electron chi connectivity index (χ4n) is 2.17. The third kappa shape index (κ3) is 3.61. The average Bonchev–Trinajstić information content (AvgIpc) is 2.79. The Morgan fingerprint density at radius 1 is 1.39 bits per heavy atom. The van der Waals surface area contributed by atoms with Crippen LogP contribution in [0.1, 0.15) is 33.3 Å². The quantitative estimate of drug-likeness (QED) is 0.876. The highest BCUT2D eigenvalue weighted by Crippen LogP contribution is 2.36. The van der Waals surface area contributed by atoms with Gasteiger partial charge in [-0.2, -0.15) is 18.3 Å². The van der Waals surface area contributed by atoms with Crippen molar-refractivity contribution in [2.75, 3.05) is 0 Å². The fourth-order valence-corrected chi connectivity index (χ4v) is 2.17. The largest absolute Gasteiger partial charge is 0.444 e. The van der Waals surface area contributed by atoms with Gasteiger partial charge in [-0.05, 0) is 25.5 Å². The molecular weight excluding hydrogens is 315 g/mol. The summed E-state index contributed by atoms with van der Waals surface area (Å²) in [6, 6.07) is 1.48. The van der Waals surface area contributed by atoms with Crippen LogP contribution in [0.15, 0.2) is 23.3 Å². The maximum absolute atomic E-state index is 13.2. The summed E-state index contributed by atoms with van der Waals surface area (Å²) in [4.78, 5) is 26.2. The first-order valence-corrected chi connectivity index (χ1v) is 6.56. The predicted molar refractivity (Wildman–Crippen MR) is 74.0 cm³/mol. The van der Waals surface area contributed by atoms with Crippen LogP contribution in [0.4, 0.5) is 13.2 Å². The van der Waals surface area contributed by atoms with Crippen molar-refractivity contribution in [1.82, 2.24) is 14.8 Å². The van der Waals surface area contributed by atoms with Crippen LogP contribution in [-0.4, -0.2) is 26.9 Å². The lowest BCUT2D eigenvalue weighted by molar-refractivity contribution is -0.207. The Kier molecular flexibility index (Phi) is 4.31. The van der Waals surface area contributed by atoms with E-state index in [-0.39, 0.29) is 11.1 Å². The molecule has 0 fully saturated rings. The van der Waals surface area contributed by atoms with Gasteiger partial charge in [0.15, 0.2) is 0 Å². The molecule has 0 saturated carbocycles. The third-order valence-electron chi connectivity index (χ3n) is 3.12. The van der Waals surface area contributed by atoms with Crippen molar-refractivity contribution >= 4 is 5.97 Å². The van der Waals surface area contributed by atoms with E-state index in [1.165, 1.54) is 20.0 Å². The topological polar surface area (TPSA) is 77.0 Å². The summed E-state index contributed by atoms with van der Waals surface area (Å²) < 4.78 is 45.2. The van der Waals surface area contributed by atoms with Gasteiger partial charge in [0.05, 0.1) is 6.20 Å². The number of aromatic amines is 1. The van der Waals surface area contributed by atoms with Gasteiger partial charge in [-0.15, -0.1) is 0 Å². The summed E-state index contributed by atoms with van der Waals surface area (Å²) in [5.41, 5.74) is -0.838. The number of nitrogens with one attached hydrogen (secondary N) is 1. The number of carbonyl (C=O) groups excluding carboxylic acids is 1. The normalized spacial score (nSPS) is 13.0. The maximum Gasteiger partial charge on any atom is 0.429 e. The Morgan fingerprint density at radius 3 is 2.52 bits per heavy atom. The van der Waals surface area contributed by atoms with Gasteiger partial charge in [0, 0.05) is 24.5 Å². The number of esters is 1. The standard InChI is InChI=1S/C14H14F3N3O3/c1-7-4-8(2)19-12(21)10(7)13(22)23-11(14(15,16)17)9-5-18-20(3)6-9/h4-6,11H,1-3H3,(H,19,21). The zero-order valence-electron chi connectivity index (χ0n) is 12.6. The van der Waals surface area contributed by atoms with Crippen LogP contribution in [0.25, 0.3) is 0 Å². The Hall–Kier alpha value is -2.58. The molecule has 23 heavy (non-hydrogen) atoms. The summed E-state index contributed by atoms with van der Waals surface area (Å²) in [5, 5.41) is 3.64. The van der Waals surface area contributed by atoms with E-state index in [4.69, 9.17) is 0 Å². The second kappa shape index (κ2) is 5.90. The van der Waals surface area contributed by atoms with Crippen LogP contribution in [0.2, 0.25) is 0 Å². The Balaban J connectivity index is 2.38. The highest BCUT2D eigenvalue weighted by atomic mass is 19.4. The Morgan fingerprint density at radius 2 is 2.04 bits per heavy atom. The number of pyridine rings is 1. The number of hydrogen-bond donors (Lipinski definition) is 1. The minimum atomic E-state index is -4.83. The Bertz CT molecular complexity index is 793. The lowest BCUT2D eigenvalue weighted by Gasteiger charge is -2.19. The van der Waals surface area contributed by atoms with E-state index in [0.29, 0.717) is 5.69 Å². The van der Waals surface area contributed by atoms with Crippen molar-refractivity contribution in [3.63, 3.8) is 0 Å². The molecule has 0 aliphatic heterocycles. The molecule has 6 nitrogen and oxygen atoms in total. The van der Waals surface area contributed by atoms with Crippen LogP contribution in [-0.2, 0) is 11.8 Å². The number of H-pyrrole nitrogens is 1. The molecule has 2 rings (SSSR count). The van der Waals surface area contributed by atoms with Crippen LogP contribution < -0.4 is 5.56 Å². The molecule has 124 valence electrons. The van der Waals surface area contributed by atoms with Crippen molar-refractivity contribution < 1.29 is 22.7 Å². The number of aryl methyl sites for hydroxylation is 3.